The smallest absolute Gasteiger partial charge is 0.221 e. The molecule has 0 aliphatic carbocycles. The number of hydrogen-bond acceptors (Lipinski definition) is 3. The van der Waals surface area contributed by atoms with Crippen molar-refractivity contribution in [3.63, 3.8) is 0 Å². The topological polar surface area (TPSA) is 52.5 Å². The molecule has 6 heteroatoms. The number of para-hydroxylation sites is 1. The molecular formula is C29H31FN2O3. The number of benzene rings is 3. The number of nitrogens with one attached hydrogen (secondary N) is 1. The maximum Gasteiger partial charge on any atom is 0.221 e. The molecule has 1 heterocycles. The van der Waals surface area contributed by atoms with E-state index in [4.69, 9.17) is 9.47 Å². The Kier molecular flexibility index (Phi) is 7.83. The van der Waals surface area contributed by atoms with Gasteiger partial charge in [0.25, 0.3) is 0 Å². The molecule has 1 N–H and O–H groups in total. The summed E-state index contributed by atoms with van der Waals surface area (Å²) in [5, 5.41) is 3.90. The van der Waals surface area contributed by atoms with Crippen LogP contribution in [0.2, 0.25) is 0 Å². The highest BCUT2D eigenvalue weighted by Crippen LogP contribution is 2.36. The molecule has 182 valence electrons. The highest BCUT2D eigenvalue weighted by atomic mass is 19.1. The van der Waals surface area contributed by atoms with Crippen LogP contribution >= 0.6 is 0 Å². The molecule has 0 unspecified atom stereocenters. The molecule has 0 fully saturated rings. The Morgan fingerprint density at radius 2 is 1.80 bits per heavy atom. The Bertz CT molecular complexity index is 1300. The Labute approximate surface area is 205 Å². The number of hydrogen-bond donors (Lipinski definition) is 1. The molecule has 0 saturated carbocycles. The first-order valence-corrected chi connectivity index (χ1v) is 11.7. The molecule has 0 bridgehead atoms. The highest BCUT2D eigenvalue weighted by molar-refractivity contribution is 5.87. The zero-order valence-electron chi connectivity index (χ0n) is 20.4. The minimum atomic E-state index is -0.431. The van der Waals surface area contributed by atoms with Crippen molar-refractivity contribution in [1.29, 1.82) is 0 Å². The first kappa shape index (κ1) is 24.5. The second-order valence-corrected chi connectivity index (χ2v) is 8.70. The molecule has 4 rings (SSSR count). The second kappa shape index (κ2) is 11.2. The number of aromatic nitrogens is 1. The fourth-order valence-electron chi connectivity index (χ4n) is 4.48. The summed E-state index contributed by atoms with van der Waals surface area (Å²) in [5.41, 5.74) is 4.57. The van der Waals surface area contributed by atoms with Gasteiger partial charge in [0.1, 0.15) is 11.6 Å². The van der Waals surface area contributed by atoms with Gasteiger partial charge in [-0.25, -0.2) is 4.39 Å². The van der Waals surface area contributed by atoms with Crippen molar-refractivity contribution in [3.8, 4) is 5.75 Å². The van der Waals surface area contributed by atoms with Crippen LogP contribution in [0.1, 0.15) is 34.6 Å². The standard InChI is InChI=1S/C29H31FN2O3/c1-20-8-13-27(30)25(16-20)24(17-29(33)31-14-15-34-2)26-19-32(28-7-5-4-6-23(26)28)18-21-9-11-22(35-3)12-10-21/h4-13,16,19,24H,14-15,17-18H2,1-3H3,(H,31,33)/t24-/m1/s1. The molecule has 3 aromatic carbocycles. The fourth-order valence-corrected chi connectivity index (χ4v) is 4.48. The SMILES string of the molecule is COCCNC(=O)C[C@H](c1cc(C)ccc1F)c1cn(Cc2ccc(OC)cc2)c2ccccc12. The van der Waals surface area contributed by atoms with Crippen LogP contribution < -0.4 is 10.1 Å². The van der Waals surface area contributed by atoms with Crippen LogP contribution in [0.15, 0.2) is 72.9 Å². The van der Waals surface area contributed by atoms with E-state index in [1.807, 2.05) is 55.5 Å². The van der Waals surface area contributed by atoms with E-state index in [0.717, 1.165) is 33.3 Å². The van der Waals surface area contributed by atoms with E-state index in [9.17, 15) is 4.79 Å². The minimum absolute atomic E-state index is 0.139. The van der Waals surface area contributed by atoms with Crippen molar-refractivity contribution in [1.82, 2.24) is 9.88 Å². The van der Waals surface area contributed by atoms with E-state index in [2.05, 4.69) is 22.1 Å². The van der Waals surface area contributed by atoms with Crippen molar-refractivity contribution < 1.29 is 18.7 Å². The molecule has 1 atom stereocenters. The van der Waals surface area contributed by atoms with Crippen molar-refractivity contribution in [2.24, 2.45) is 0 Å². The van der Waals surface area contributed by atoms with E-state index in [-0.39, 0.29) is 18.1 Å². The fraction of sp³-hybridized carbons (Fsp3) is 0.276. The summed E-state index contributed by atoms with van der Waals surface area (Å²) in [4.78, 5) is 12.9. The van der Waals surface area contributed by atoms with Crippen molar-refractivity contribution >= 4 is 16.8 Å². The first-order valence-electron chi connectivity index (χ1n) is 11.7. The van der Waals surface area contributed by atoms with E-state index in [1.54, 1.807) is 20.3 Å². The van der Waals surface area contributed by atoms with E-state index in [0.29, 0.717) is 25.3 Å². The number of ether oxygens (including phenoxy) is 2. The summed E-state index contributed by atoms with van der Waals surface area (Å²) in [7, 11) is 3.24. The summed E-state index contributed by atoms with van der Waals surface area (Å²) in [5.74, 6) is -0.0713. The number of aryl methyl sites for hydroxylation is 1. The summed E-state index contributed by atoms with van der Waals surface area (Å²) in [6.45, 7) is 3.42. The van der Waals surface area contributed by atoms with Crippen LogP contribution in [0, 0.1) is 12.7 Å². The quantitative estimate of drug-likeness (QED) is 0.312. The van der Waals surface area contributed by atoms with Gasteiger partial charge < -0.3 is 19.4 Å². The Hall–Kier alpha value is -3.64. The Balaban J connectivity index is 1.76. The van der Waals surface area contributed by atoms with E-state index in [1.165, 1.54) is 6.07 Å². The summed E-state index contributed by atoms with van der Waals surface area (Å²) < 4.78 is 27.6. The monoisotopic (exact) mass is 474 g/mol. The predicted octanol–water partition coefficient (Wildman–Crippen LogP) is 5.43. The van der Waals surface area contributed by atoms with E-state index >= 15 is 4.39 Å². The number of fused-ring (bicyclic) bond motifs is 1. The van der Waals surface area contributed by atoms with Gasteiger partial charge in [0.05, 0.1) is 13.7 Å². The third-order valence-corrected chi connectivity index (χ3v) is 6.25. The Morgan fingerprint density at radius 1 is 1.03 bits per heavy atom. The molecule has 0 aliphatic rings. The highest BCUT2D eigenvalue weighted by Gasteiger charge is 2.25. The number of amides is 1. The third kappa shape index (κ3) is 5.72. The third-order valence-electron chi connectivity index (χ3n) is 6.25. The lowest BCUT2D eigenvalue weighted by atomic mass is 9.87. The molecule has 35 heavy (non-hydrogen) atoms. The molecule has 0 radical (unpaired) electrons. The average Bonchev–Trinajstić information content (AvgIpc) is 3.23. The van der Waals surface area contributed by atoms with Crippen LogP contribution in [0.25, 0.3) is 10.9 Å². The number of carbonyl (C=O) groups is 1. The maximum atomic E-state index is 15.1. The Morgan fingerprint density at radius 3 is 2.54 bits per heavy atom. The van der Waals surface area contributed by atoms with Crippen LogP contribution in [0.5, 0.6) is 5.75 Å². The summed E-state index contributed by atoms with van der Waals surface area (Å²) >= 11 is 0. The molecule has 0 aliphatic heterocycles. The zero-order valence-corrected chi connectivity index (χ0v) is 20.4. The molecular weight excluding hydrogens is 443 g/mol. The number of rotatable bonds is 10. The van der Waals surface area contributed by atoms with Gasteiger partial charge in [-0.1, -0.05) is 48.0 Å². The maximum absolute atomic E-state index is 15.1. The van der Waals surface area contributed by atoms with Crippen molar-refractivity contribution in [2.45, 2.75) is 25.8 Å². The molecule has 1 aromatic heterocycles. The number of nitrogens with zero attached hydrogens (tertiary/aromatic N) is 1. The number of carbonyl (C=O) groups excluding carboxylic acids is 1. The lowest BCUT2D eigenvalue weighted by molar-refractivity contribution is -0.121. The molecule has 4 aromatic rings. The molecule has 0 saturated heterocycles. The van der Waals surface area contributed by atoms with Gasteiger partial charge in [0.2, 0.25) is 5.91 Å². The van der Waals surface area contributed by atoms with Crippen LogP contribution in [0.3, 0.4) is 0 Å². The van der Waals surface area contributed by atoms with Crippen molar-refractivity contribution in [2.75, 3.05) is 27.4 Å². The van der Waals surface area contributed by atoms with Gasteiger partial charge in [-0.05, 0) is 47.9 Å². The van der Waals surface area contributed by atoms with Gasteiger partial charge in [-0.2, -0.15) is 0 Å². The van der Waals surface area contributed by atoms with Gasteiger partial charge >= 0.3 is 0 Å². The lowest BCUT2D eigenvalue weighted by Crippen LogP contribution is -2.28. The molecule has 1 amide bonds. The van der Waals surface area contributed by atoms with Gasteiger partial charge in [-0.15, -0.1) is 0 Å². The number of methoxy groups -OCH3 is 2. The number of halogens is 1. The van der Waals surface area contributed by atoms with Crippen LogP contribution in [0.4, 0.5) is 4.39 Å². The minimum Gasteiger partial charge on any atom is -0.497 e. The van der Waals surface area contributed by atoms with Gasteiger partial charge in [0, 0.05) is 49.6 Å². The average molecular weight is 475 g/mol. The van der Waals surface area contributed by atoms with Gasteiger partial charge in [0.15, 0.2) is 0 Å². The van der Waals surface area contributed by atoms with Crippen molar-refractivity contribution in [3.05, 3.63) is 101 Å². The molecule has 5 nitrogen and oxygen atoms in total. The van der Waals surface area contributed by atoms with Crippen LogP contribution in [-0.4, -0.2) is 37.8 Å². The van der Waals surface area contributed by atoms with Gasteiger partial charge in [-0.3, -0.25) is 4.79 Å². The largest absolute Gasteiger partial charge is 0.497 e. The summed E-state index contributed by atoms with van der Waals surface area (Å²) in [6, 6.07) is 21.1. The predicted molar refractivity (Wildman–Crippen MR) is 137 cm³/mol. The van der Waals surface area contributed by atoms with E-state index < -0.39 is 5.92 Å². The normalized spacial score (nSPS) is 12.0. The zero-order chi connectivity index (χ0) is 24.8. The summed E-state index contributed by atoms with van der Waals surface area (Å²) in [6.07, 6.45) is 2.20. The second-order valence-electron chi connectivity index (χ2n) is 8.70. The molecule has 0 spiro atoms. The first-order chi connectivity index (χ1) is 17.0. The van der Waals surface area contributed by atoms with Crippen LogP contribution in [-0.2, 0) is 16.1 Å². The lowest BCUT2D eigenvalue weighted by Gasteiger charge is -2.18.